The molecule has 2 heterocycles. The number of pyridine rings is 1. The molecular formula is C11H8N2O3. The van der Waals surface area contributed by atoms with Crippen LogP contribution in [0.15, 0.2) is 29.6 Å². The maximum atomic E-state index is 8.55. The summed E-state index contributed by atoms with van der Waals surface area (Å²) in [4.78, 5) is 4.12. The van der Waals surface area contributed by atoms with Gasteiger partial charge in [-0.25, -0.2) is 0 Å². The minimum absolute atomic E-state index is 0.239. The van der Waals surface area contributed by atoms with Gasteiger partial charge in [-0.05, 0) is 23.6 Å². The molecule has 3 rings (SSSR count). The average molecular weight is 216 g/mol. The van der Waals surface area contributed by atoms with E-state index in [2.05, 4.69) is 10.1 Å². The van der Waals surface area contributed by atoms with E-state index in [0.29, 0.717) is 11.4 Å². The van der Waals surface area contributed by atoms with Crippen molar-refractivity contribution in [1.29, 1.82) is 0 Å². The third kappa shape index (κ3) is 1.25. The molecule has 0 radical (unpaired) electrons. The van der Waals surface area contributed by atoms with Crippen LogP contribution in [-0.2, 0) is 0 Å². The van der Waals surface area contributed by atoms with E-state index in [1.165, 1.54) is 6.21 Å². The fourth-order valence-electron chi connectivity index (χ4n) is 1.74. The van der Waals surface area contributed by atoms with Gasteiger partial charge >= 0.3 is 0 Å². The van der Waals surface area contributed by atoms with Gasteiger partial charge in [0.25, 0.3) is 0 Å². The summed E-state index contributed by atoms with van der Waals surface area (Å²) in [6, 6.07) is 5.59. The molecule has 0 unspecified atom stereocenters. The Morgan fingerprint density at radius 2 is 2.12 bits per heavy atom. The second-order valence-electron chi connectivity index (χ2n) is 3.37. The number of fused-ring (bicyclic) bond motifs is 2. The van der Waals surface area contributed by atoms with E-state index in [-0.39, 0.29) is 6.79 Å². The molecule has 5 heteroatoms. The quantitative estimate of drug-likeness (QED) is 0.448. The number of aromatic nitrogens is 1. The molecule has 1 aliphatic rings. The van der Waals surface area contributed by atoms with Gasteiger partial charge in [-0.2, -0.15) is 0 Å². The molecule has 0 saturated heterocycles. The van der Waals surface area contributed by atoms with Crippen molar-refractivity contribution in [3.63, 3.8) is 0 Å². The van der Waals surface area contributed by atoms with Gasteiger partial charge in [-0.3, -0.25) is 4.98 Å². The molecule has 1 aliphatic heterocycles. The first-order valence-corrected chi connectivity index (χ1v) is 4.74. The van der Waals surface area contributed by atoms with Crippen molar-refractivity contribution in [2.45, 2.75) is 0 Å². The summed E-state index contributed by atoms with van der Waals surface area (Å²) in [5, 5.41) is 13.4. The first-order valence-electron chi connectivity index (χ1n) is 4.74. The van der Waals surface area contributed by atoms with Crippen molar-refractivity contribution in [1.82, 2.24) is 4.98 Å². The van der Waals surface area contributed by atoms with Crippen molar-refractivity contribution in [2.24, 2.45) is 5.16 Å². The lowest BCUT2D eigenvalue weighted by atomic mass is 10.1. The van der Waals surface area contributed by atoms with Gasteiger partial charge in [-0.15, -0.1) is 0 Å². The van der Waals surface area contributed by atoms with Crippen LogP contribution in [0.3, 0.4) is 0 Å². The number of ether oxygens (including phenoxy) is 2. The Morgan fingerprint density at radius 3 is 2.94 bits per heavy atom. The molecule has 1 aromatic heterocycles. The number of hydrogen-bond acceptors (Lipinski definition) is 5. The van der Waals surface area contributed by atoms with Crippen molar-refractivity contribution in [2.75, 3.05) is 6.79 Å². The molecule has 0 saturated carbocycles. The predicted molar refractivity (Wildman–Crippen MR) is 57.2 cm³/mol. The fourth-order valence-corrected chi connectivity index (χ4v) is 1.74. The Hall–Kier alpha value is -2.30. The van der Waals surface area contributed by atoms with Gasteiger partial charge in [0.1, 0.15) is 0 Å². The van der Waals surface area contributed by atoms with E-state index < -0.39 is 0 Å². The van der Waals surface area contributed by atoms with E-state index in [1.807, 2.05) is 18.2 Å². The average Bonchev–Trinajstić information content (AvgIpc) is 2.74. The fraction of sp³-hybridized carbons (Fsp3) is 0.0909. The Labute approximate surface area is 90.9 Å². The molecule has 1 N–H and O–H groups in total. The van der Waals surface area contributed by atoms with Crippen LogP contribution in [0.4, 0.5) is 0 Å². The molecule has 1 aromatic carbocycles. The molecule has 80 valence electrons. The first kappa shape index (κ1) is 8.96. The topological polar surface area (TPSA) is 63.9 Å². The highest BCUT2D eigenvalue weighted by Crippen LogP contribution is 2.36. The van der Waals surface area contributed by atoms with Crippen LogP contribution in [0.1, 0.15) is 5.69 Å². The lowest BCUT2D eigenvalue weighted by Gasteiger charge is -2.02. The summed E-state index contributed by atoms with van der Waals surface area (Å²) in [6.45, 7) is 0.239. The Bertz CT molecular complexity index is 581. The summed E-state index contributed by atoms with van der Waals surface area (Å²) in [6.07, 6.45) is 2.95. The molecule has 0 fully saturated rings. The lowest BCUT2D eigenvalue weighted by Crippen LogP contribution is -1.92. The molecule has 16 heavy (non-hydrogen) atoms. The summed E-state index contributed by atoms with van der Waals surface area (Å²) in [7, 11) is 0. The minimum Gasteiger partial charge on any atom is -0.454 e. The molecule has 0 spiro atoms. The number of hydrogen-bond donors (Lipinski definition) is 1. The molecule has 0 atom stereocenters. The largest absolute Gasteiger partial charge is 0.454 e. The maximum absolute atomic E-state index is 8.55. The van der Waals surface area contributed by atoms with E-state index >= 15 is 0 Å². The predicted octanol–water partition coefficient (Wildman–Crippen LogP) is 1.77. The van der Waals surface area contributed by atoms with Gasteiger partial charge in [0.05, 0.1) is 11.9 Å². The zero-order valence-electron chi connectivity index (χ0n) is 8.25. The highest BCUT2D eigenvalue weighted by atomic mass is 16.7. The molecular weight excluding hydrogens is 208 g/mol. The molecule has 0 bridgehead atoms. The zero-order valence-corrected chi connectivity index (χ0v) is 8.25. The number of nitrogens with zero attached hydrogens (tertiary/aromatic N) is 2. The molecule has 2 aromatic rings. The number of rotatable bonds is 1. The molecule has 0 aliphatic carbocycles. The standard InChI is InChI=1S/C11H8N2O3/c14-13-5-9-8-4-11-10(15-6-16-11)3-7(8)1-2-12-9/h1-5,14H,6H2/b13-5+. The maximum Gasteiger partial charge on any atom is 0.231 e. The van der Waals surface area contributed by atoms with Crippen LogP contribution in [0.2, 0.25) is 0 Å². The van der Waals surface area contributed by atoms with Crippen LogP contribution in [0.25, 0.3) is 10.8 Å². The Morgan fingerprint density at radius 1 is 1.31 bits per heavy atom. The van der Waals surface area contributed by atoms with Crippen LogP contribution in [0, 0.1) is 0 Å². The van der Waals surface area contributed by atoms with Crippen molar-refractivity contribution < 1.29 is 14.7 Å². The van der Waals surface area contributed by atoms with Crippen LogP contribution in [-0.4, -0.2) is 23.2 Å². The second-order valence-corrected chi connectivity index (χ2v) is 3.37. The monoisotopic (exact) mass is 216 g/mol. The smallest absolute Gasteiger partial charge is 0.231 e. The summed E-state index contributed by atoms with van der Waals surface area (Å²) >= 11 is 0. The van der Waals surface area contributed by atoms with E-state index in [0.717, 1.165) is 16.5 Å². The minimum atomic E-state index is 0.239. The second kappa shape index (κ2) is 3.37. The molecule has 0 amide bonds. The first-order chi connectivity index (χ1) is 7.88. The van der Waals surface area contributed by atoms with Crippen LogP contribution >= 0.6 is 0 Å². The summed E-state index contributed by atoms with van der Waals surface area (Å²) in [5.41, 5.74) is 0.596. The van der Waals surface area contributed by atoms with Gasteiger partial charge < -0.3 is 14.7 Å². The SMILES string of the molecule is O/N=C/c1nccc2cc3c(cc12)OCO3. The van der Waals surface area contributed by atoms with Crippen molar-refractivity contribution in [3.8, 4) is 11.5 Å². The van der Waals surface area contributed by atoms with Crippen molar-refractivity contribution in [3.05, 3.63) is 30.1 Å². The third-order valence-corrected chi connectivity index (χ3v) is 2.47. The highest BCUT2D eigenvalue weighted by molar-refractivity contribution is 5.99. The lowest BCUT2D eigenvalue weighted by molar-refractivity contribution is 0.174. The number of benzene rings is 1. The normalized spacial score (nSPS) is 13.8. The highest BCUT2D eigenvalue weighted by Gasteiger charge is 2.15. The van der Waals surface area contributed by atoms with Crippen LogP contribution in [0.5, 0.6) is 11.5 Å². The van der Waals surface area contributed by atoms with E-state index in [1.54, 1.807) is 6.20 Å². The molecule has 5 nitrogen and oxygen atoms in total. The van der Waals surface area contributed by atoms with Gasteiger partial charge in [0.2, 0.25) is 6.79 Å². The van der Waals surface area contributed by atoms with Gasteiger partial charge in [0, 0.05) is 11.6 Å². The summed E-state index contributed by atoms with van der Waals surface area (Å²) < 4.78 is 10.6. The van der Waals surface area contributed by atoms with Crippen LogP contribution < -0.4 is 9.47 Å². The van der Waals surface area contributed by atoms with E-state index in [4.69, 9.17) is 14.7 Å². The van der Waals surface area contributed by atoms with E-state index in [9.17, 15) is 0 Å². The summed E-state index contributed by atoms with van der Waals surface area (Å²) in [5.74, 6) is 1.42. The Kier molecular flexibility index (Phi) is 1.89. The third-order valence-electron chi connectivity index (χ3n) is 2.47. The van der Waals surface area contributed by atoms with Gasteiger partial charge in [0.15, 0.2) is 11.5 Å². The van der Waals surface area contributed by atoms with Crippen molar-refractivity contribution >= 4 is 17.0 Å². The van der Waals surface area contributed by atoms with Gasteiger partial charge in [-0.1, -0.05) is 5.16 Å². The number of oxime groups is 1. The zero-order chi connectivity index (χ0) is 11.0. The Balaban J connectivity index is 2.31.